The van der Waals surface area contributed by atoms with E-state index >= 15 is 0 Å². The van der Waals surface area contributed by atoms with Gasteiger partial charge in [-0.05, 0) is 25.2 Å². The number of hydrogen-bond acceptors (Lipinski definition) is 3. The minimum atomic E-state index is 0.371. The Bertz CT molecular complexity index is 265. The van der Waals surface area contributed by atoms with Gasteiger partial charge in [-0.15, -0.1) is 0 Å². The van der Waals surface area contributed by atoms with Crippen LogP contribution in [0.4, 0.5) is 0 Å². The molecule has 2 atom stereocenters. The van der Waals surface area contributed by atoms with Crippen molar-refractivity contribution in [1.82, 2.24) is 10.2 Å². The van der Waals surface area contributed by atoms with Gasteiger partial charge < -0.3 is 10.2 Å². The maximum absolute atomic E-state index is 12.3. The van der Waals surface area contributed by atoms with E-state index in [2.05, 4.69) is 17.1 Å². The minimum absolute atomic E-state index is 0.371. The van der Waals surface area contributed by atoms with Crippen molar-refractivity contribution in [1.29, 1.82) is 0 Å². The molecular formula is C14H26N2OS. The zero-order chi connectivity index (χ0) is 12.8. The van der Waals surface area contributed by atoms with Crippen LogP contribution in [0.25, 0.3) is 0 Å². The lowest BCUT2D eigenvalue weighted by molar-refractivity contribution is -0.133. The molecule has 18 heavy (non-hydrogen) atoms. The monoisotopic (exact) mass is 270 g/mol. The van der Waals surface area contributed by atoms with Crippen molar-refractivity contribution in [2.24, 2.45) is 5.92 Å². The number of piperidine rings is 1. The average molecular weight is 270 g/mol. The molecule has 2 rings (SSSR count). The number of carbonyl (C=O) groups excluding carboxylic acids is 1. The first-order valence-corrected chi connectivity index (χ1v) is 8.54. The molecule has 0 aliphatic carbocycles. The third kappa shape index (κ3) is 4.16. The van der Waals surface area contributed by atoms with Crippen LogP contribution in [0.3, 0.4) is 0 Å². The molecule has 2 fully saturated rings. The molecule has 0 aromatic rings. The second kappa shape index (κ2) is 7.39. The third-order valence-corrected chi connectivity index (χ3v) is 5.12. The lowest BCUT2D eigenvalue weighted by Gasteiger charge is -2.34. The topological polar surface area (TPSA) is 32.3 Å². The molecule has 2 aliphatic heterocycles. The van der Waals surface area contributed by atoms with Gasteiger partial charge in [0.25, 0.3) is 0 Å². The first-order chi connectivity index (χ1) is 8.79. The van der Waals surface area contributed by atoms with E-state index in [4.69, 9.17) is 0 Å². The van der Waals surface area contributed by atoms with E-state index in [1.54, 1.807) is 0 Å². The molecule has 1 amide bonds. The molecule has 2 unspecified atom stereocenters. The maximum atomic E-state index is 12.3. The van der Waals surface area contributed by atoms with E-state index < -0.39 is 0 Å². The highest BCUT2D eigenvalue weighted by molar-refractivity contribution is 7.99. The highest BCUT2D eigenvalue weighted by Gasteiger charge is 2.25. The molecule has 0 saturated carbocycles. The van der Waals surface area contributed by atoms with Crippen molar-refractivity contribution >= 4 is 17.7 Å². The number of thioether (sulfide) groups is 1. The van der Waals surface area contributed by atoms with Gasteiger partial charge >= 0.3 is 0 Å². The Hall–Kier alpha value is -0.220. The summed E-state index contributed by atoms with van der Waals surface area (Å²) in [4.78, 5) is 14.4. The third-order valence-electron chi connectivity index (χ3n) is 3.99. The fraction of sp³-hybridized carbons (Fsp3) is 0.929. The number of amides is 1. The van der Waals surface area contributed by atoms with Gasteiger partial charge in [-0.3, -0.25) is 4.79 Å². The Kier molecular flexibility index (Phi) is 5.83. The predicted octanol–water partition coefficient (Wildman–Crippen LogP) is 2.12. The van der Waals surface area contributed by atoms with E-state index in [-0.39, 0.29) is 0 Å². The summed E-state index contributed by atoms with van der Waals surface area (Å²) in [6.07, 6.45) is 5.74. The summed E-state index contributed by atoms with van der Waals surface area (Å²) in [5.74, 6) is 3.41. The first kappa shape index (κ1) is 14.2. The summed E-state index contributed by atoms with van der Waals surface area (Å²) >= 11 is 1.97. The normalized spacial score (nSPS) is 29.3. The molecule has 4 heteroatoms. The number of nitrogens with zero attached hydrogens (tertiary/aromatic N) is 1. The zero-order valence-corrected chi connectivity index (χ0v) is 12.3. The zero-order valence-electron chi connectivity index (χ0n) is 11.5. The van der Waals surface area contributed by atoms with Crippen LogP contribution in [-0.2, 0) is 4.79 Å². The van der Waals surface area contributed by atoms with E-state index in [0.29, 0.717) is 18.4 Å². The van der Waals surface area contributed by atoms with Crippen molar-refractivity contribution in [3.05, 3.63) is 0 Å². The molecular weight excluding hydrogens is 244 g/mol. The van der Waals surface area contributed by atoms with Gasteiger partial charge in [0.05, 0.1) is 0 Å². The lowest BCUT2D eigenvalue weighted by atomic mass is 9.93. The van der Waals surface area contributed by atoms with Crippen LogP contribution in [0.1, 0.15) is 39.0 Å². The van der Waals surface area contributed by atoms with Gasteiger partial charge in [0.15, 0.2) is 0 Å². The second-order valence-electron chi connectivity index (χ2n) is 5.57. The molecule has 3 nitrogen and oxygen atoms in total. The van der Waals surface area contributed by atoms with Gasteiger partial charge in [0, 0.05) is 43.6 Å². The van der Waals surface area contributed by atoms with Gasteiger partial charge in [0.1, 0.15) is 0 Å². The standard InChI is InChI=1S/C14H26N2OS/c1-2-4-12-5-3-7-16(10-12)14(17)9-13-11-18-8-6-15-13/h12-13,15H,2-11H2,1H3. The Balaban J connectivity index is 1.76. The van der Waals surface area contributed by atoms with Crippen molar-refractivity contribution in [2.45, 2.75) is 45.1 Å². The summed E-state index contributed by atoms with van der Waals surface area (Å²) in [6.45, 7) is 5.29. The van der Waals surface area contributed by atoms with Crippen LogP contribution < -0.4 is 5.32 Å². The summed E-state index contributed by atoms with van der Waals surface area (Å²) in [5, 5.41) is 3.46. The molecule has 104 valence electrons. The lowest BCUT2D eigenvalue weighted by Crippen LogP contribution is -2.45. The van der Waals surface area contributed by atoms with Crippen LogP contribution in [0.2, 0.25) is 0 Å². The SMILES string of the molecule is CCCC1CCCN(C(=O)CC2CSCCN2)C1. The molecule has 0 aromatic heterocycles. The van der Waals surface area contributed by atoms with Crippen LogP contribution in [-0.4, -0.2) is 48.0 Å². The predicted molar refractivity (Wildman–Crippen MR) is 77.9 cm³/mol. The molecule has 0 radical (unpaired) electrons. The Morgan fingerprint density at radius 1 is 1.50 bits per heavy atom. The molecule has 2 aliphatic rings. The largest absolute Gasteiger partial charge is 0.342 e. The van der Waals surface area contributed by atoms with Crippen LogP contribution in [0.5, 0.6) is 0 Å². The fourth-order valence-electron chi connectivity index (χ4n) is 3.03. The van der Waals surface area contributed by atoms with Crippen LogP contribution in [0, 0.1) is 5.92 Å². The van der Waals surface area contributed by atoms with Crippen molar-refractivity contribution in [3.8, 4) is 0 Å². The van der Waals surface area contributed by atoms with Crippen molar-refractivity contribution in [2.75, 3.05) is 31.1 Å². The summed E-state index contributed by atoms with van der Waals surface area (Å²) in [5.41, 5.74) is 0. The number of nitrogens with one attached hydrogen (secondary N) is 1. The molecule has 2 heterocycles. The van der Waals surface area contributed by atoms with Gasteiger partial charge in [0.2, 0.25) is 5.91 Å². The smallest absolute Gasteiger partial charge is 0.224 e. The summed E-state index contributed by atoms with van der Waals surface area (Å²) in [7, 11) is 0. The highest BCUT2D eigenvalue weighted by Crippen LogP contribution is 2.22. The second-order valence-corrected chi connectivity index (χ2v) is 6.72. The van der Waals surface area contributed by atoms with Crippen LogP contribution in [0.15, 0.2) is 0 Å². The van der Waals surface area contributed by atoms with E-state index in [0.717, 1.165) is 31.3 Å². The summed E-state index contributed by atoms with van der Waals surface area (Å²) in [6, 6.07) is 0.405. The first-order valence-electron chi connectivity index (χ1n) is 7.38. The molecule has 0 bridgehead atoms. The Morgan fingerprint density at radius 3 is 3.11 bits per heavy atom. The molecule has 2 saturated heterocycles. The average Bonchev–Trinajstić information content (AvgIpc) is 2.40. The van der Waals surface area contributed by atoms with E-state index in [1.807, 2.05) is 11.8 Å². The minimum Gasteiger partial charge on any atom is -0.342 e. The van der Waals surface area contributed by atoms with Gasteiger partial charge in [-0.2, -0.15) is 11.8 Å². The van der Waals surface area contributed by atoms with Gasteiger partial charge in [-0.1, -0.05) is 13.3 Å². The van der Waals surface area contributed by atoms with Crippen LogP contribution >= 0.6 is 11.8 Å². The molecule has 0 aromatic carbocycles. The fourth-order valence-corrected chi connectivity index (χ4v) is 3.98. The number of likely N-dealkylation sites (tertiary alicyclic amines) is 1. The Labute approximate surface area is 115 Å². The maximum Gasteiger partial charge on any atom is 0.224 e. The Morgan fingerprint density at radius 2 is 2.39 bits per heavy atom. The molecule has 1 N–H and O–H groups in total. The van der Waals surface area contributed by atoms with Crippen molar-refractivity contribution < 1.29 is 4.79 Å². The van der Waals surface area contributed by atoms with Crippen molar-refractivity contribution in [3.63, 3.8) is 0 Å². The number of carbonyl (C=O) groups is 1. The number of rotatable bonds is 4. The number of hydrogen-bond donors (Lipinski definition) is 1. The summed E-state index contributed by atoms with van der Waals surface area (Å²) < 4.78 is 0. The molecule has 0 spiro atoms. The quantitative estimate of drug-likeness (QED) is 0.849. The van der Waals surface area contributed by atoms with E-state index in [1.165, 1.54) is 31.4 Å². The van der Waals surface area contributed by atoms with E-state index in [9.17, 15) is 4.79 Å². The van der Waals surface area contributed by atoms with Gasteiger partial charge in [-0.25, -0.2) is 0 Å². The highest BCUT2D eigenvalue weighted by atomic mass is 32.2.